The van der Waals surface area contributed by atoms with E-state index in [-0.39, 0.29) is 0 Å². The second kappa shape index (κ2) is 7.76. The Bertz CT molecular complexity index is 1190. The highest BCUT2D eigenvalue weighted by Crippen LogP contribution is 2.53. The first-order valence-corrected chi connectivity index (χ1v) is 12.3. The average Bonchev–Trinajstić information content (AvgIpc) is 3.38. The molecule has 2 saturated carbocycles. The minimum Gasteiger partial charge on any atom is -0.200 e. The number of hydrogen-bond donors (Lipinski definition) is 0. The topological polar surface area (TPSA) is 3.88 Å². The van der Waals surface area contributed by atoms with Gasteiger partial charge in [-0.15, -0.1) is 0 Å². The van der Waals surface area contributed by atoms with E-state index < -0.39 is 0 Å². The lowest BCUT2D eigenvalue weighted by Crippen LogP contribution is -2.31. The van der Waals surface area contributed by atoms with Crippen LogP contribution in [0.3, 0.4) is 0 Å². The van der Waals surface area contributed by atoms with Gasteiger partial charge in [-0.2, -0.15) is 0 Å². The Kier molecular flexibility index (Phi) is 4.89. The Morgan fingerprint density at radius 2 is 1.77 bits per heavy atom. The Morgan fingerprint density at radius 1 is 0.968 bits per heavy atom. The van der Waals surface area contributed by atoms with Crippen LogP contribution in [0.4, 0.5) is 0 Å². The van der Waals surface area contributed by atoms with Gasteiger partial charge in [-0.25, -0.2) is 4.57 Å². The summed E-state index contributed by atoms with van der Waals surface area (Å²) in [5, 5.41) is 2.50. The van der Waals surface area contributed by atoms with Crippen molar-refractivity contribution in [2.75, 3.05) is 0 Å². The summed E-state index contributed by atoms with van der Waals surface area (Å²) in [5.41, 5.74) is 8.14. The average molecular weight is 414 g/mol. The molecule has 3 aromatic rings. The van der Waals surface area contributed by atoms with E-state index >= 15 is 0 Å². The fourth-order valence-electron chi connectivity index (χ4n) is 6.48. The third-order valence-electron chi connectivity index (χ3n) is 8.26. The largest absolute Gasteiger partial charge is 0.220 e. The summed E-state index contributed by atoms with van der Waals surface area (Å²) in [4.78, 5) is 0. The molecule has 5 rings (SSSR count). The molecule has 3 atom stereocenters. The van der Waals surface area contributed by atoms with E-state index in [0.717, 1.165) is 17.8 Å². The van der Waals surface area contributed by atoms with Crippen LogP contribution in [-0.4, -0.2) is 0 Å². The predicted molar refractivity (Wildman–Crippen MR) is 132 cm³/mol. The van der Waals surface area contributed by atoms with E-state index in [1.165, 1.54) is 70.0 Å². The number of rotatable bonds is 4. The standard InChI is InChI=1S/C30H38N/c1-18(2)25-16-27(19(3)4)20(5)28(17-25)30-26-10-9-23(15-24(26)11-12-31(30)6)29-14-21-7-8-22(29)13-21/h9-12,15-19,21-22,29H,7-8,13-14H2,1-6H3/q+1/i12D. The molecule has 1 heterocycles. The second-order valence-electron chi connectivity index (χ2n) is 10.9. The highest BCUT2D eigenvalue weighted by atomic mass is 14.9. The van der Waals surface area contributed by atoms with Crippen molar-refractivity contribution in [2.24, 2.45) is 18.9 Å². The number of fused-ring (bicyclic) bond motifs is 3. The maximum absolute atomic E-state index is 8.76. The van der Waals surface area contributed by atoms with Gasteiger partial charge in [0.25, 0.3) is 0 Å². The minimum atomic E-state index is 0.479. The summed E-state index contributed by atoms with van der Waals surface area (Å²) >= 11 is 0. The first-order valence-electron chi connectivity index (χ1n) is 12.8. The molecule has 2 aliphatic rings. The Labute approximate surface area is 189 Å². The van der Waals surface area contributed by atoms with Crippen molar-refractivity contribution in [2.45, 2.75) is 78.1 Å². The molecule has 162 valence electrons. The summed E-state index contributed by atoms with van der Waals surface area (Å²) in [7, 11) is 2.05. The van der Waals surface area contributed by atoms with Gasteiger partial charge in [0.2, 0.25) is 5.69 Å². The monoisotopic (exact) mass is 413 g/mol. The van der Waals surface area contributed by atoms with Gasteiger partial charge in [-0.1, -0.05) is 52.3 Å². The fourth-order valence-corrected chi connectivity index (χ4v) is 6.48. The number of pyridine rings is 1. The van der Waals surface area contributed by atoms with Crippen LogP contribution in [0.2, 0.25) is 0 Å². The van der Waals surface area contributed by atoms with Crippen molar-refractivity contribution in [3.05, 3.63) is 64.8 Å². The van der Waals surface area contributed by atoms with Gasteiger partial charge >= 0.3 is 0 Å². The van der Waals surface area contributed by atoms with Crippen molar-refractivity contribution in [1.29, 1.82) is 0 Å². The van der Waals surface area contributed by atoms with Crippen LogP contribution in [0.1, 0.15) is 94.8 Å². The van der Waals surface area contributed by atoms with Crippen molar-refractivity contribution in [1.82, 2.24) is 0 Å². The summed E-state index contributed by atoms with van der Waals surface area (Å²) < 4.78 is 10.8. The molecule has 3 unspecified atom stereocenters. The number of benzene rings is 2. The van der Waals surface area contributed by atoms with Crippen LogP contribution >= 0.6 is 0 Å². The maximum atomic E-state index is 8.76. The lowest BCUT2D eigenvalue weighted by atomic mass is 9.82. The number of aromatic nitrogens is 1. The molecule has 2 aromatic carbocycles. The van der Waals surface area contributed by atoms with Crippen LogP contribution < -0.4 is 4.57 Å². The van der Waals surface area contributed by atoms with E-state index in [0.29, 0.717) is 18.0 Å². The molecule has 2 aliphatic carbocycles. The van der Waals surface area contributed by atoms with E-state index in [1.54, 1.807) is 0 Å². The maximum Gasteiger partial charge on any atom is 0.220 e. The van der Waals surface area contributed by atoms with E-state index in [4.69, 9.17) is 1.37 Å². The number of nitrogens with zero attached hydrogens (tertiary/aromatic N) is 1. The first-order chi connectivity index (χ1) is 15.2. The molecule has 0 radical (unpaired) electrons. The Hall–Kier alpha value is -2.15. The summed E-state index contributed by atoms with van der Waals surface area (Å²) in [6.07, 6.45) is 6.23. The van der Waals surface area contributed by atoms with Crippen LogP contribution in [0.15, 0.2) is 42.6 Å². The summed E-state index contributed by atoms with van der Waals surface area (Å²) in [5.74, 6) is 3.51. The van der Waals surface area contributed by atoms with E-state index in [2.05, 4.69) is 82.6 Å². The van der Waals surface area contributed by atoms with Gasteiger partial charge in [0.1, 0.15) is 8.42 Å². The van der Waals surface area contributed by atoms with Crippen molar-refractivity contribution in [3.63, 3.8) is 0 Å². The zero-order chi connectivity index (χ0) is 22.7. The number of hydrogen-bond acceptors (Lipinski definition) is 0. The highest BCUT2D eigenvalue weighted by Gasteiger charge is 2.40. The first kappa shape index (κ1) is 19.5. The molecule has 0 amide bonds. The van der Waals surface area contributed by atoms with Gasteiger partial charge in [-0.05, 0) is 95.5 Å². The molecule has 0 N–H and O–H groups in total. The van der Waals surface area contributed by atoms with Crippen molar-refractivity contribution in [3.8, 4) is 11.3 Å². The van der Waals surface area contributed by atoms with Crippen LogP contribution in [0.25, 0.3) is 22.0 Å². The SMILES string of the molecule is [2H]c1cc2cc(C3CC4CCC3C4)ccc2c(-c2cc(C(C)C)cc(C(C)C)c2C)[n+]1C. The normalized spacial score (nSPS) is 23.4. The van der Waals surface area contributed by atoms with E-state index in [1.807, 2.05) is 0 Å². The second-order valence-corrected chi connectivity index (χ2v) is 10.9. The highest BCUT2D eigenvalue weighted by molar-refractivity contribution is 5.94. The molecule has 0 aliphatic heterocycles. The van der Waals surface area contributed by atoms with Crippen molar-refractivity contribution < 1.29 is 5.94 Å². The molecule has 0 saturated heterocycles. The molecular weight excluding hydrogens is 374 g/mol. The lowest BCUT2D eigenvalue weighted by Gasteiger charge is -2.22. The third kappa shape index (κ3) is 3.51. The van der Waals surface area contributed by atoms with E-state index in [9.17, 15) is 0 Å². The lowest BCUT2D eigenvalue weighted by molar-refractivity contribution is -0.659. The molecule has 2 fully saturated rings. The fraction of sp³-hybridized carbons (Fsp3) is 0.500. The molecule has 0 spiro atoms. The summed E-state index contributed by atoms with van der Waals surface area (Å²) in [6, 6.07) is 14.0. The van der Waals surface area contributed by atoms with Gasteiger partial charge in [0.15, 0.2) is 6.17 Å². The van der Waals surface area contributed by atoms with Crippen molar-refractivity contribution >= 4 is 10.8 Å². The molecular formula is C30H38N+. The predicted octanol–water partition coefficient (Wildman–Crippen LogP) is 7.79. The Balaban J connectivity index is 1.71. The van der Waals surface area contributed by atoms with Gasteiger partial charge in [0.05, 0.1) is 10.9 Å². The third-order valence-corrected chi connectivity index (χ3v) is 8.26. The van der Waals surface area contributed by atoms with Crippen LogP contribution in [-0.2, 0) is 7.05 Å². The molecule has 1 nitrogen and oxygen atoms in total. The van der Waals surface area contributed by atoms with Gasteiger partial charge < -0.3 is 0 Å². The van der Waals surface area contributed by atoms with Crippen LogP contribution in [0.5, 0.6) is 0 Å². The zero-order valence-electron chi connectivity index (χ0n) is 21.1. The quantitative estimate of drug-likeness (QED) is 0.384. The zero-order valence-corrected chi connectivity index (χ0v) is 20.1. The molecule has 1 aromatic heterocycles. The smallest absolute Gasteiger partial charge is 0.200 e. The van der Waals surface area contributed by atoms with Crippen LogP contribution in [0, 0.1) is 18.8 Å². The summed E-state index contributed by atoms with van der Waals surface area (Å²) in [6.45, 7) is 11.4. The molecule has 2 bridgehead atoms. The minimum absolute atomic E-state index is 0.479. The van der Waals surface area contributed by atoms with Gasteiger partial charge in [-0.3, -0.25) is 0 Å². The molecule has 1 heteroatoms. The molecule has 31 heavy (non-hydrogen) atoms. The van der Waals surface area contributed by atoms with Gasteiger partial charge in [0, 0.05) is 6.07 Å². The Morgan fingerprint density at radius 3 is 2.42 bits per heavy atom.